The van der Waals surface area contributed by atoms with Gasteiger partial charge in [-0.15, -0.1) is 0 Å². The molecule has 8 heteroatoms. The van der Waals surface area contributed by atoms with Gasteiger partial charge in [-0.25, -0.2) is 18.7 Å². The first kappa shape index (κ1) is 23.4. The quantitative estimate of drug-likeness (QED) is 0.331. The van der Waals surface area contributed by atoms with E-state index in [-0.39, 0.29) is 24.1 Å². The number of nitrogens with zero attached hydrogens (tertiary/aromatic N) is 3. The second-order valence-electron chi connectivity index (χ2n) is 7.83. The number of halogens is 2. The molecule has 0 bridgehead atoms. The fraction of sp³-hybridized carbons (Fsp3) is 0.231. The largest absolute Gasteiger partial charge is 0.487 e. The van der Waals surface area contributed by atoms with Crippen LogP contribution in [-0.4, -0.2) is 19.6 Å². The molecule has 0 saturated carbocycles. The van der Waals surface area contributed by atoms with Crippen molar-refractivity contribution in [3.8, 4) is 5.75 Å². The van der Waals surface area contributed by atoms with Gasteiger partial charge in [0.2, 0.25) is 5.89 Å². The zero-order valence-corrected chi connectivity index (χ0v) is 18.9. The Labute approximate surface area is 196 Å². The summed E-state index contributed by atoms with van der Waals surface area (Å²) in [5.41, 5.74) is 1.89. The van der Waals surface area contributed by atoms with Crippen LogP contribution in [0, 0.1) is 11.6 Å². The van der Waals surface area contributed by atoms with Gasteiger partial charge in [0.15, 0.2) is 0 Å². The molecule has 0 aliphatic carbocycles. The Hall–Kier alpha value is -3.78. The fourth-order valence-electron chi connectivity index (χ4n) is 3.71. The van der Waals surface area contributed by atoms with Gasteiger partial charge in [-0.1, -0.05) is 19.1 Å². The second kappa shape index (κ2) is 10.4. The second-order valence-corrected chi connectivity index (χ2v) is 7.83. The molecule has 2 aromatic heterocycles. The SMILES string of the molecule is CCC(c1ccc(OCc2coc(/C=C/c3ccc(F)cc3F)n2)cc1)n1ccnc1C(C)O. The van der Waals surface area contributed by atoms with Gasteiger partial charge >= 0.3 is 0 Å². The molecule has 2 aromatic carbocycles. The molecule has 2 atom stereocenters. The highest BCUT2D eigenvalue weighted by Crippen LogP contribution is 2.27. The van der Waals surface area contributed by atoms with E-state index in [2.05, 4.69) is 16.9 Å². The summed E-state index contributed by atoms with van der Waals surface area (Å²) in [5.74, 6) is 0.307. The molecule has 2 heterocycles. The molecular weight excluding hydrogens is 440 g/mol. The first-order valence-corrected chi connectivity index (χ1v) is 11.0. The standard InChI is InChI=1S/C26H25F2N3O3/c1-3-24(31-13-12-29-26(31)17(2)32)19-5-9-22(10-6-19)33-15-21-16-34-25(30-21)11-7-18-4-8-20(27)14-23(18)28/h4-14,16-17,24,32H,3,15H2,1-2H3/b11-7+. The fourth-order valence-corrected chi connectivity index (χ4v) is 3.71. The van der Waals surface area contributed by atoms with E-state index in [1.54, 1.807) is 13.1 Å². The summed E-state index contributed by atoms with van der Waals surface area (Å²) in [6, 6.07) is 11.2. The van der Waals surface area contributed by atoms with Crippen molar-refractivity contribution in [3.63, 3.8) is 0 Å². The van der Waals surface area contributed by atoms with E-state index in [0.29, 0.717) is 17.3 Å². The van der Waals surface area contributed by atoms with Crippen molar-refractivity contribution < 1.29 is 23.0 Å². The van der Waals surface area contributed by atoms with Crippen molar-refractivity contribution in [3.05, 3.63) is 101 Å². The monoisotopic (exact) mass is 465 g/mol. The molecular formula is C26H25F2N3O3. The van der Waals surface area contributed by atoms with Gasteiger partial charge in [0.1, 0.15) is 47.9 Å². The summed E-state index contributed by atoms with van der Waals surface area (Å²) >= 11 is 0. The van der Waals surface area contributed by atoms with Gasteiger partial charge in [0, 0.05) is 30.1 Å². The highest BCUT2D eigenvalue weighted by molar-refractivity contribution is 5.66. The molecule has 0 amide bonds. The number of aromatic nitrogens is 3. The molecule has 6 nitrogen and oxygen atoms in total. The van der Waals surface area contributed by atoms with Crippen LogP contribution in [0.25, 0.3) is 12.2 Å². The zero-order valence-electron chi connectivity index (χ0n) is 18.9. The average Bonchev–Trinajstić information content (AvgIpc) is 3.48. The van der Waals surface area contributed by atoms with E-state index in [4.69, 9.17) is 9.15 Å². The normalized spacial score (nSPS) is 13.3. The minimum atomic E-state index is -0.657. The van der Waals surface area contributed by atoms with Crippen molar-refractivity contribution in [1.29, 1.82) is 0 Å². The topological polar surface area (TPSA) is 73.3 Å². The third kappa shape index (κ3) is 5.40. The van der Waals surface area contributed by atoms with Crippen molar-refractivity contribution in [2.24, 2.45) is 0 Å². The third-order valence-electron chi connectivity index (χ3n) is 5.38. The number of aliphatic hydroxyl groups excluding tert-OH is 1. The summed E-state index contributed by atoms with van der Waals surface area (Å²) in [7, 11) is 0. The zero-order chi connectivity index (χ0) is 24.1. The smallest absolute Gasteiger partial charge is 0.218 e. The maximum absolute atomic E-state index is 13.7. The van der Waals surface area contributed by atoms with Gasteiger partial charge in [-0.3, -0.25) is 0 Å². The van der Waals surface area contributed by atoms with Crippen LogP contribution in [0.3, 0.4) is 0 Å². The molecule has 0 spiro atoms. The van der Waals surface area contributed by atoms with Crippen LogP contribution in [0.5, 0.6) is 5.75 Å². The minimum absolute atomic E-state index is 0.0528. The predicted molar refractivity (Wildman–Crippen MR) is 124 cm³/mol. The Balaban J connectivity index is 1.38. The summed E-state index contributed by atoms with van der Waals surface area (Å²) < 4.78 is 39.9. The van der Waals surface area contributed by atoms with Gasteiger partial charge in [0.05, 0.1) is 6.04 Å². The number of rotatable bonds is 9. The van der Waals surface area contributed by atoms with E-state index >= 15 is 0 Å². The van der Waals surface area contributed by atoms with Crippen LogP contribution in [0.4, 0.5) is 8.78 Å². The molecule has 2 unspecified atom stereocenters. The number of benzene rings is 2. The van der Waals surface area contributed by atoms with E-state index in [0.717, 1.165) is 18.1 Å². The number of hydrogen-bond donors (Lipinski definition) is 1. The molecule has 1 N–H and O–H groups in total. The van der Waals surface area contributed by atoms with Crippen LogP contribution < -0.4 is 4.74 Å². The van der Waals surface area contributed by atoms with E-state index < -0.39 is 17.7 Å². The van der Waals surface area contributed by atoms with Crippen molar-refractivity contribution in [1.82, 2.24) is 14.5 Å². The van der Waals surface area contributed by atoms with E-state index in [1.807, 2.05) is 35.0 Å². The maximum atomic E-state index is 13.7. The van der Waals surface area contributed by atoms with Gasteiger partial charge in [0.25, 0.3) is 0 Å². The van der Waals surface area contributed by atoms with E-state index in [9.17, 15) is 13.9 Å². The molecule has 0 saturated heterocycles. The molecule has 0 radical (unpaired) electrons. The summed E-state index contributed by atoms with van der Waals surface area (Å²) in [4.78, 5) is 8.56. The predicted octanol–water partition coefficient (Wildman–Crippen LogP) is 5.95. The van der Waals surface area contributed by atoms with Crippen LogP contribution in [0.15, 0.2) is 65.5 Å². The third-order valence-corrected chi connectivity index (χ3v) is 5.38. The molecule has 4 aromatic rings. The first-order valence-electron chi connectivity index (χ1n) is 11.0. The van der Waals surface area contributed by atoms with Crippen molar-refractivity contribution in [2.75, 3.05) is 0 Å². The molecule has 176 valence electrons. The lowest BCUT2D eigenvalue weighted by Crippen LogP contribution is -2.14. The number of imidazole rings is 1. The average molecular weight is 466 g/mol. The van der Waals surface area contributed by atoms with Crippen molar-refractivity contribution in [2.45, 2.75) is 39.0 Å². The lowest BCUT2D eigenvalue weighted by atomic mass is 10.0. The highest BCUT2D eigenvalue weighted by Gasteiger charge is 2.17. The Kier molecular flexibility index (Phi) is 7.18. The number of hydrogen-bond acceptors (Lipinski definition) is 5. The van der Waals surface area contributed by atoms with Crippen molar-refractivity contribution >= 4 is 12.2 Å². The number of aliphatic hydroxyl groups is 1. The Morgan fingerprint density at radius 3 is 2.65 bits per heavy atom. The highest BCUT2D eigenvalue weighted by atomic mass is 19.1. The molecule has 4 rings (SSSR count). The summed E-state index contributed by atoms with van der Waals surface area (Å²) in [5, 5.41) is 9.97. The van der Waals surface area contributed by atoms with Gasteiger partial charge < -0.3 is 18.8 Å². The maximum Gasteiger partial charge on any atom is 0.218 e. The van der Waals surface area contributed by atoms with Crippen LogP contribution in [0.1, 0.15) is 61.0 Å². The lowest BCUT2D eigenvalue weighted by Gasteiger charge is -2.21. The first-order chi connectivity index (χ1) is 16.4. The number of oxazole rings is 1. The summed E-state index contributed by atoms with van der Waals surface area (Å²) in [6.45, 7) is 3.99. The molecule has 0 fully saturated rings. The van der Waals surface area contributed by atoms with Crippen LogP contribution >= 0.6 is 0 Å². The minimum Gasteiger partial charge on any atom is -0.487 e. The Morgan fingerprint density at radius 2 is 1.94 bits per heavy atom. The lowest BCUT2D eigenvalue weighted by molar-refractivity contribution is 0.182. The number of ether oxygens (including phenoxy) is 1. The Morgan fingerprint density at radius 1 is 1.15 bits per heavy atom. The summed E-state index contributed by atoms with van der Waals surface area (Å²) in [6.07, 6.45) is 8.21. The molecule has 0 aliphatic heterocycles. The van der Waals surface area contributed by atoms with Gasteiger partial charge in [-0.2, -0.15) is 0 Å². The van der Waals surface area contributed by atoms with Crippen LogP contribution in [0.2, 0.25) is 0 Å². The molecule has 34 heavy (non-hydrogen) atoms. The van der Waals surface area contributed by atoms with Crippen LogP contribution in [-0.2, 0) is 6.61 Å². The molecule has 0 aliphatic rings. The van der Waals surface area contributed by atoms with E-state index in [1.165, 1.54) is 30.5 Å². The Bertz CT molecular complexity index is 1260. The van der Waals surface area contributed by atoms with Gasteiger partial charge in [-0.05, 0) is 49.2 Å².